The van der Waals surface area contributed by atoms with E-state index in [2.05, 4.69) is 0 Å². The van der Waals surface area contributed by atoms with Crippen LogP contribution >= 0.6 is 23.2 Å². The standard InChI is InChI=1S/C10H7Cl2FO/c11-8-6(5-1-2-5)3-4-7(9(8)13)10(12)14/h3-5H,1-2H2. The van der Waals surface area contributed by atoms with Crippen molar-refractivity contribution in [2.75, 3.05) is 0 Å². The molecule has 0 atom stereocenters. The Morgan fingerprint density at radius 1 is 1.43 bits per heavy atom. The van der Waals surface area contributed by atoms with Crippen molar-refractivity contribution in [2.45, 2.75) is 18.8 Å². The number of halogens is 3. The molecular formula is C10H7Cl2FO. The quantitative estimate of drug-likeness (QED) is 0.711. The number of carbonyl (C=O) groups is 1. The van der Waals surface area contributed by atoms with E-state index in [4.69, 9.17) is 23.2 Å². The maximum absolute atomic E-state index is 13.5. The Kier molecular flexibility index (Phi) is 2.50. The smallest absolute Gasteiger partial charge is 0.255 e. The zero-order valence-electron chi connectivity index (χ0n) is 7.19. The van der Waals surface area contributed by atoms with Crippen LogP contribution in [0, 0.1) is 5.82 Å². The first-order chi connectivity index (χ1) is 6.61. The minimum absolute atomic E-state index is 0.0407. The number of hydrogen-bond donors (Lipinski definition) is 0. The van der Waals surface area contributed by atoms with Crippen molar-refractivity contribution in [3.8, 4) is 0 Å². The zero-order chi connectivity index (χ0) is 10.3. The molecule has 0 spiro atoms. The van der Waals surface area contributed by atoms with Gasteiger partial charge in [-0.25, -0.2) is 4.39 Å². The molecular weight excluding hydrogens is 226 g/mol. The van der Waals surface area contributed by atoms with Gasteiger partial charge in [0.15, 0.2) is 5.82 Å². The first kappa shape index (κ1) is 9.94. The van der Waals surface area contributed by atoms with E-state index in [-0.39, 0.29) is 10.6 Å². The Morgan fingerprint density at radius 3 is 2.57 bits per heavy atom. The molecule has 4 heteroatoms. The van der Waals surface area contributed by atoms with Crippen molar-refractivity contribution in [1.29, 1.82) is 0 Å². The highest BCUT2D eigenvalue weighted by Crippen LogP contribution is 2.44. The van der Waals surface area contributed by atoms with Gasteiger partial charge in [-0.3, -0.25) is 4.79 Å². The largest absolute Gasteiger partial charge is 0.275 e. The fraction of sp³-hybridized carbons (Fsp3) is 0.300. The summed E-state index contributed by atoms with van der Waals surface area (Å²) in [5.74, 6) is -0.340. The third kappa shape index (κ3) is 1.64. The molecule has 1 nitrogen and oxygen atoms in total. The van der Waals surface area contributed by atoms with E-state index in [0.717, 1.165) is 18.4 Å². The minimum Gasteiger partial charge on any atom is -0.275 e. The Morgan fingerprint density at radius 2 is 2.07 bits per heavy atom. The van der Waals surface area contributed by atoms with Crippen LogP contribution in [0.5, 0.6) is 0 Å². The summed E-state index contributed by atoms with van der Waals surface area (Å²) in [4.78, 5) is 10.8. The SMILES string of the molecule is O=C(Cl)c1ccc(C2CC2)c(Cl)c1F. The Labute approximate surface area is 90.8 Å². The summed E-state index contributed by atoms with van der Waals surface area (Å²) >= 11 is 11.0. The number of benzene rings is 1. The van der Waals surface area contributed by atoms with Crippen molar-refractivity contribution in [3.63, 3.8) is 0 Å². The number of carbonyl (C=O) groups excluding carboxylic acids is 1. The molecule has 1 fully saturated rings. The summed E-state index contributed by atoms with van der Waals surface area (Å²) in [5, 5.41) is -0.772. The minimum atomic E-state index is -0.813. The predicted octanol–water partition coefficient (Wildman–Crippen LogP) is 3.74. The van der Waals surface area contributed by atoms with Crippen LogP contribution in [0.25, 0.3) is 0 Å². The monoisotopic (exact) mass is 232 g/mol. The lowest BCUT2D eigenvalue weighted by atomic mass is 10.1. The van der Waals surface area contributed by atoms with Gasteiger partial charge in [-0.05, 0) is 42.0 Å². The van der Waals surface area contributed by atoms with Gasteiger partial charge in [-0.1, -0.05) is 17.7 Å². The molecule has 1 aliphatic carbocycles. The molecule has 0 unspecified atom stereocenters. The fourth-order valence-corrected chi connectivity index (χ4v) is 1.89. The van der Waals surface area contributed by atoms with Gasteiger partial charge >= 0.3 is 0 Å². The molecule has 1 aromatic rings. The summed E-state index contributed by atoms with van der Waals surface area (Å²) in [6, 6.07) is 3.07. The van der Waals surface area contributed by atoms with Crippen LogP contribution in [0.1, 0.15) is 34.7 Å². The Hall–Kier alpha value is -0.600. The van der Waals surface area contributed by atoms with Crippen molar-refractivity contribution in [2.24, 2.45) is 0 Å². The van der Waals surface area contributed by atoms with Crippen molar-refractivity contribution < 1.29 is 9.18 Å². The molecule has 0 aliphatic heterocycles. The van der Waals surface area contributed by atoms with Crippen LogP contribution in [0.3, 0.4) is 0 Å². The Bertz CT molecular complexity index is 399. The molecule has 14 heavy (non-hydrogen) atoms. The van der Waals surface area contributed by atoms with Gasteiger partial charge in [-0.15, -0.1) is 0 Å². The third-order valence-electron chi connectivity index (χ3n) is 2.34. The van der Waals surface area contributed by atoms with Gasteiger partial charge in [0.05, 0.1) is 10.6 Å². The summed E-state index contributed by atoms with van der Waals surface area (Å²) in [7, 11) is 0. The molecule has 0 bridgehead atoms. The second-order valence-corrected chi connectivity index (χ2v) is 4.10. The molecule has 0 amide bonds. The average Bonchev–Trinajstić information content (AvgIpc) is 2.92. The van der Waals surface area contributed by atoms with Gasteiger partial charge in [0.25, 0.3) is 5.24 Å². The van der Waals surface area contributed by atoms with Gasteiger partial charge in [0.1, 0.15) is 0 Å². The van der Waals surface area contributed by atoms with Crippen LogP contribution in [0.4, 0.5) is 4.39 Å². The lowest BCUT2D eigenvalue weighted by Crippen LogP contribution is -1.97. The lowest BCUT2D eigenvalue weighted by Gasteiger charge is -2.05. The molecule has 0 heterocycles. The maximum Gasteiger partial charge on any atom is 0.255 e. The molecule has 0 saturated heterocycles. The maximum atomic E-state index is 13.5. The van der Waals surface area contributed by atoms with E-state index in [0.29, 0.717) is 5.92 Å². The molecule has 1 aromatic carbocycles. The van der Waals surface area contributed by atoms with Crippen LogP contribution in [-0.2, 0) is 0 Å². The summed E-state index contributed by atoms with van der Waals surface area (Å²) in [6.45, 7) is 0. The molecule has 0 radical (unpaired) electrons. The first-order valence-corrected chi connectivity index (χ1v) is 5.04. The van der Waals surface area contributed by atoms with Gasteiger partial charge in [0, 0.05) is 0 Å². The van der Waals surface area contributed by atoms with E-state index >= 15 is 0 Å². The Balaban J connectivity index is 2.50. The van der Waals surface area contributed by atoms with Crippen LogP contribution in [0.15, 0.2) is 12.1 Å². The zero-order valence-corrected chi connectivity index (χ0v) is 8.70. The normalized spacial score (nSPS) is 15.6. The topological polar surface area (TPSA) is 17.1 Å². The molecule has 1 saturated carbocycles. The average molecular weight is 233 g/mol. The van der Waals surface area contributed by atoms with E-state index in [1.807, 2.05) is 0 Å². The number of hydrogen-bond acceptors (Lipinski definition) is 1. The molecule has 0 N–H and O–H groups in total. The summed E-state index contributed by atoms with van der Waals surface area (Å²) < 4.78 is 13.5. The fourth-order valence-electron chi connectivity index (χ4n) is 1.43. The predicted molar refractivity (Wildman–Crippen MR) is 53.6 cm³/mol. The molecule has 0 aromatic heterocycles. The van der Waals surface area contributed by atoms with Gasteiger partial charge in [0.2, 0.25) is 0 Å². The van der Waals surface area contributed by atoms with Crippen molar-refractivity contribution in [3.05, 3.63) is 34.1 Å². The molecule has 2 rings (SSSR count). The molecule has 74 valence electrons. The number of rotatable bonds is 2. The molecule has 1 aliphatic rings. The van der Waals surface area contributed by atoms with Crippen LogP contribution in [-0.4, -0.2) is 5.24 Å². The highest BCUT2D eigenvalue weighted by atomic mass is 35.5. The van der Waals surface area contributed by atoms with E-state index < -0.39 is 11.1 Å². The van der Waals surface area contributed by atoms with E-state index in [1.165, 1.54) is 6.07 Å². The second kappa shape index (κ2) is 3.52. The van der Waals surface area contributed by atoms with Gasteiger partial charge in [-0.2, -0.15) is 0 Å². The second-order valence-electron chi connectivity index (χ2n) is 3.38. The van der Waals surface area contributed by atoms with E-state index in [9.17, 15) is 9.18 Å². The highest BCUT2D eigenvalue weighted by molar-refractivity contribution is 6.67. The highest BCUT2D eigenvalue weighted by Gasteiger charge is 2.28. The lowest BCUT2D eigenvalue weighted by molar-refractivity contribution is 0.107. The van der Waals surface area contributed by atoms with E-state index in [1.54, 1.807) is 6.07 Å². The van der Waals surface area contributed by atoms with Crippen molar-refractivity contribution in [1.82, 2.24) is 0 Å². The van der Waals surface area contributed by atoms with Crippen LogP contribution in [0.2, 0.25) is 5.02 Å². The third-order valence-corrected chi connectivity index (χ3v) is 2.93. The summed E-state index contributed by atoms with van der Waals surface area (Å²) in [5.41, 5.74) is 0.631. The van der Waals surface area contributed by atoms with Crippen molar-refractivity contribution >= 4 is 28.4 Å². The first-order valence-electron chi connectivity index (χ1n) is 4.29. The van der Waals surface area contributed by atoms with Gasteiger partial charge < -0.3 is 0 Å². The van der Waals surface area contributed by atoms with Crippen LogP contribution < -0.4 is 0 Å². The summed E-state index contributed by atoms with van der Waals surface area (Å²) in [6.07, 6.45) is 2.07.